The predicted octanol–water partition coefficient (Wildman–Crippen LogP) is 0.840. The van der Waals surface area contributed by atoms with Gasteiger partial charge in [0, 0.05) is 0 Å². The summed E-state index contributed by atoms with van der Waals surface area (Å²) in [4.78, 5) is 22.3. The normalized spacial score (nSPS) is 49.9. The molecular formula is C11H12O4. The molecule has 6 atom stereocenters. The van der Waals surface area contributed by atoms with Crippen LogP contribution in [0, 0.1) is 35.5 Å². The van der Waals surface area contributed by atoms with Gasteiger partial charge in [0.1, 0.15) is 0 Å². The lowest BCUT2D eigenvalue weighted by molar-refractivity contribution is -0.160. The number of rotatable bonds is 2. The van der Waals surface area contributed by atoms with E-state index in [0.717, 1.165) is 6.42 Å². The SMILES string of the molecule is O=C(O)[C@@H]1[C@H]2C=C[C@@H]([C@@H]3C[C@H]23)[C@@H]1C(=O)O. The van der Waals surface area contributed by atoms with E-state index in [1.54, 1.807) is 0 Å². The largest absolute Gasteiger partial charge is 0.481 e. The second kappa shape index (κ2) is 2.62. The van der Waals surface area contributed by atoms with Crippen LogP contribution in [-0.2, 0) is 9.59 Å². The van der Waals surface area contributed by atoms with Crippen LogP contribution in [-0.4, -0.2) is 22.2 Å². The fraction of sp³-hybridized carbons (Fsp3) is 0.636. The van der Waals surface area contributed by atoms with Gasteiger partial charge in [-0.2, -0.15) is 0 Å². The number of hydrogen-bond donors (Lipinski definition) is 2. The van der Waals surface area contributed by atoms with Gasteiger partial charge in [0.25, 0.3) is 0 Å². The summed E-state index contributed by atoms with van der Waals surface area (Å²) in [6.07, 6.45) is 4.87. The fourth-order valence-electron chi connectivity index (χ4n) is 3.55. The lowest BCUT2D eigenvalue weighted by Gasteiger charge is -2.40. The standard InChI is InChI=1S/C11H12O4/c12-10(13)8-4-1-2-5(7-3-6(4)7)9(8)11(14)15/h1-2,4-9H,3H2,(H,12,13)(H,14,15)/t4-,5-,6-,7+,8-,9+/m0/s1. The number of carboxylic acids is 2. The Morgan fingerprint density at radius 3 is 1.67 bits per heavy atom. The van der Waals surface area contributed by atoms with Crippen molar-refractivity contribution in [2.45, 2.75) is 6.42 Å². The van der Waals surface area contributed by atoms with Crippen LogP contribution in [0.2, 0.25) is 0 Å². The third-order valence-electron chi connectivity index (χ3n) is 4.22. The molecule has 2 fully saturated rings. The van der Waals surface area contributed by atoms with Crippen LogP contribution < -0.4 is 0 Å². The molecule has 0 aromatic heterocycles. The maximum Gasteiger partial charge on any atom is 0.308 e. The first kappa shape index (κ1) is 8.95. The Morgan fingerprint density at radius 1 is 0.933 bits per heavy atom. The quantitative estimate of drug-likeness (QED) is 0.659. The molecule has 15 heavy (non-hydrogen) atoms. The number of carboxylic acid groups (broad SMARTS) is 2. The number of hydrogen-bond acceptors (Lipinski definition) is 2. The molecule has 0 amide bonds. The molecule has 4 rings (SSSR count). The van der Waals surface area contributed by atoms with Crippen molar-refractivity contribution < 1.29 is 19.8 Å². The van der Waals surface area contributed by atoms with Gasteiger partial charge in [-0.3, -0.25) is 9.59 Å². The van der Waals surface area contributed by atoms with Gasteiger partial charge in [0.05, 0.1) is 11.8 Å². The molecule has 0 saturated heterocycles. The summed E-state index contributed by atoms with van der Waals surface area (Å²) >= 11 is 0. The molecule has 4 heteroatoms. The van der Waals surface area contributed by atoms with Crippen molar-refractivity contribution in [3.05, 3.63) is 12.2 Å². The average molecular weight is 208 g/mol. The van der Waals surface area contributed by atoms with Crippen molar-refractivity contribution in [3.63, 3.8) is 0 Å². The Kier molecular flexibility index (Phi) is 1.56. The van der Waals surface area contributed by atoms with Crippen LogP contribution in [0.1, 0.15) is 6.42 Å². The highest BCUT2D eigenvalue weighted by molar-refractivity contribution is 5.82. The van der Waals surface area contributed by atoms with Crippen LogP contribution >= 0.6 is 0 Å². The number of allylic oxidation sites excluding steroid dienone is 2. The van der Waals surface area contributed by atoms with Crippen molar-refractivity contribution in [3.8, 4) is 0 Å². The zero-order chi connectivity index (χ0) is 10.7. The van der Waals surface area contributed by atoms with E-state index in [1.807, 2.05) is 12.2 Å². The molecule has 2 saturated carbocycles. The first-order valence-electron chi connectivity index (χ1n) is 5.25. The maximum absolute atomic E-state index is 11.1. The van der Waals surface area contributed by atoms with Gasteiger partial charge < -0.3 is 10.2 Å². The molecule has 4 nitrogen and oxygen atoms in total. The van der Waals surface area contributed by atoms with Crippen LogP contribution in [0.15, 0.2) is 12.2 Å². The zero-order valence-electron chi connectivity index (χ0n) is 8.04. The van der Waals surface area contributed by atoms with Crippen LogP contribution in [0.25, 0.3) is 0 Å². The topological polar surface area (TPSA) is 74.6 Å². The van der Waals surface area contributed by atoms with E-state index in [0.29, 0.717) is 11.8 Å². The Bertz CT molecular complexity index is 339. The molecule has 0 heterocycles. The molecule has 4 aliphatic carbocycles. The first-order chi connectivity index (χ1) is 7.11. The number of aliphatic carboxylic acids is 2. The van der Waals surface area contributed by atoms with Gasteiger partial charge in [-0.05, 0) is 30.1 Å². The van der Waals surface area contributed by atoms with E-state index < -0.39 is 23.8 Å². The summed E-state index contributed by atoms with van der Waals surface area (Å²) in [5.41, 5.74) is 0. The first-order valence-corrected chi connectivity index (χ1v) is 5.25. The van der Waals surface area contributed by atoms with E-state index in [2.05, 4.69) is 0 Å². The van der Waals surface area contributed by atoms with Gasteiger partial charge in [-0.25, -0.2) is 0 Å². The van der Waals surface area contributed by atoms with E-state index in [9.17, 15) is 9.59 Å². The molecule has 0 unspecified atom stereocenters. The minimum Gasteiger partial charge on any atom is -0.481 e. The highest BCUT2D eigenvalue weighted by Gasteiger charge is 2.63. The number of fused-ring (bicyclic) bond motifs is 1. The molecule has 0 aromatic rings. The summed E-state index contributed by atoms with van der Waals surface area (Å²) in [6.45, 7) is 0. The summed E-state index contributed by atoms with van der Waals surface area (Å²) in [5.74, 6) is -2.52. The van der Waals surface area contributed by atoms with Gasteiger partial charge in [-0.1, -0.05) is 12.2 Å². The summed E-state index contributed by atoms with van der Waals surface area (Å²) in [6, 6.07) is 0. The van der Waals surface area contributed by atoms with Crippen LogP contribution in [0.4, 0.5) is 0 Å². The van der Waals surface area contributed by atoms with Gasteiger partial charge in [-0.15, -0.1) is 0 Å². The monoisotopic (exact) mass is 208 g/mol. The minimum atomic E-state index is -0.952. The molecule has 0 aromatic carbocycles. The fourth-order valence-corrected chi connectivity index (χ4v) is 3.55. The Labute approximate surface area is 86.6 Å². The molecule has 2 bridgehead atoms. The lowest BCUT2D eigenvalue weighted by Crippen LogP contribution is -2.46. The van der Waals surface area contributed by atoms with Gasteiger partial charge >= 0.3 is 11.9 Å². The Hall–Kier alpha value is -1.32. The van der Waals surface area contributed by atoms with Crippen molar-refractivity contribution in [1.29, 1.82) is 0 Å². The third-order valence-corrected chi connectivity index (χ3v) is 4.22. The Morgan fingerprint density at radius 2 is 1.33 bits per heavy atom. The molecule has 4 aliphatic rings. The van der Waals surface area contributed by atoms with Gasteiger partial charge in [0.15, 0.2) is 0 Å². The van der Waals surface area contributed by atoms with E-state index in [4.69, 9.17) is 10.2 Å². The summed E-state index contributed by atoms with van der Waals surface area (Å²) in [7, 11) is 0. The highest BCUT2D eigenvalue weighted by atomic mass is 16.4. The van der Waals surface area contributed by atoms with Crippen molar-refractivity contribution in [2.24, 2.45) is 35.5 Å². The minimum absolute atomic E-state index is 0.0430. The zero-order valence-corrected chi connectivity index (χ0v) is 8.04. The Balaban J connectivity index is 2.02. The van der Waals surface area contributed by atoms with Crippen molar-refractivity contribution in [2.75, 3.05) is 0 Å². The van der Waals surface area contributed by atoms with Gasteiger partial charge in [0.2, 0.25) is 0 Å². The molecule has 2 N–H and O–H groups in total. The summed E-state index contributed by atoms with van der Waals surface area (Å²) < 4.78 is 0. The second-order valence-electron chi connectivity index (χ2n) is 4.83. The molecular weight excluding hydrogens is 196 g/mol. The molecule has 0 spiro atoms. The second-order valence-corrected chi connectivity index (χ2v) is 4.83. The summed E-state index contributed by atoms with van der Waals surface area (Å²) in [5, 5.41) is 18.2. The average Bonchev–Trinajstić information content (AvgIpc) is 2.96. The third kappa shape index (κ3) is 1.02. The van der Waals surface area contributed by atoms with E-state index in [1.165, 1.54) is 0 Å². The molecule has 0 radical (unpaired) electrons. The van der Waals surface area contributed by atoms with Crippen LogP contribution in [0.3, 0.4) is 0 Å². The molecule has 0 aliphatic heterocycles. The predicted molar refractivity (Wildman–Crippen MR) is 50.0 cm³/mol. The van der Waals surface area contributed by atoms with Crippen LogP contribution in [0.5, 0.6) is 0 Å². The molecule has 80 valence electrons. The van der Waals surface area contributed by atoms with Crippen molar-refractivity contribution >= 4 is 11.9 Å². The maximum atomic E-state index is 11.1. The smallest absolute Gasteiger partial charge is 0.308 e. The highest BCUT2D eigenvalue weighted by Crippen LogP contribution is 2.63. The van der Waals surface area contributed by atoms with E-state index in [-0.39, 0.29) is 11.8 Å². The number of carbonyl (C=O) groups is 2. The lowest BCUT2D eigenvalue weighted by atomic mass is 9.62. The van der Waals surface area contributed by atoms with Crippen molar-refractivity contribution in [1.82, 2.24) is 0 Å². The van der Waals surface area contributed by atoms with E-state index >= 15 is 0 Å².